The first-order valence-corrected chi connectivity index (χ1v) is 4.54. The van der Waals surface area contributed by atoms with Crippen LogP contribution < -0.4 is 0 Å². The Labute approximate surface area is 85.9 Å². The lowest BCUT2D eigenvalue weighted by molar-refractivity contribution is 0.159. The van der Waals surface area contributed by atoms with Gasteiger partial charge in [0.25, 0.3) is 0 Å². The predicted molar refractivity (Wildman–Crippen MR) is 51.1 cm³/mol. The molecule has 0 fully saturated rings. The van der Waals surface area contributed by atoms with Gasteiger partial charge >= 0.3 is 6.08 Å². The van der Waals surface area contributed by atoms with Gasteiger partial charge in [-0.3, -0.25) is 0 Å². The number of halogens is 3. The monoisotopic (exact) mass is 216 g/mol. The molecule has 0 aliphatic rings. The highest BCUT2D eigenvalue weighted by Gasteiger charge is 2.16. The molecule has 0 aromatic heterocycles. The normalized spacial score (nSPS) is 12.3. The third-order valence-electron chi connectivity index (χ3n) is 2.02. The number of hydrogen-bond donors (Lipinski definition) is 1. The van der Waals surface area contributed by atoms with Crippen molar-refractivity contribution in [3.05, 3.63) is 47.8 Å². The molecule has 1 N–H and O–H groups in total. The van der Waals surface area contributed by atoms with Crippen LogP contribution >= 0.6 is 0 Å². The van der Waals surface area contributed by atoms with E-state index in [1.54, 1.807) is 24.3 Å². The van der Waals surface area contributed by atoms with E-state index in [-0.39, 0.29) is 6.42 Å². The Hall–Kier alpha value is -1.29. The minimum atomic E-state index is -2.45. The number of aliphatic hydroxyl groups is 1. The topological polar surface area (TPSA) is 20.2 Å². The molecule has 1 rings (SSSR count). The maximum absolute atomic E-state index is 12.5. The van der Waals surface area contributed by atoms with Crippen LogP contribution in [-0.4, -0.2) is 11.2 Å². The summed E-state index contributed by atoms with van der Waals surface area (Å²) in [6, 6.07) is 9.00. The van der Waals surface area contributed by atoms with Crippen molar-refractivity contribution in [2.45, 2.75) is 18.9 Å². The molecule has 0 aliphatic heterocycles. The minimum Gasteiger partial charge on any atom is -0.386 e. The molecular formula is C11H11F3O. The van der Waals surface area contributed by atoms with E-state index in [0.717, 1.165) is 5.56 Å². The van der Waals surface area contributed by atoms with Crippen LogP contribution in [0.15, 0.2) is 42.2 Å². The molecule has 4 heteroatoms. The molecule has 0 radical (unpaired) electrons. The summed E-state index contributed by atoms with van der Waals surface area (Å²) >= 11 is 0. The predicted octanol–water partition coefficient (Wildman–Crippen LogP) is 3.06. The third-order valence-corrected chi connectivity index (χ3v) is 2.02. The fourth-order valence-electron chi connectivity index (χ4n) is 1.20. The molecule has 1 atom stereocenters. The summed E-state index contributed by atoms with van der Waals surface area (Å²) < 4.78 is 36.0. The van der Waals surface area contributed by atoms with Crippen LogP contribution in [0.4, 0.5) is 13.2 Å². The van der Waals surface area contributed by atoms with Gasteiger partial charge in [-0.1, -0.05) is 30.3 Å². The molecule has 15 heavy (non-hydrogen) atoms. The average Bonchev–Trinajstić information content (AvgIpc) is 2.26. The van der Waals surface area contributed by atoms with E-state index in [1.807, 2.05) is 6.07 Å². The summed E-state index contributed by atoms with van der Waals surface area (Å²) in [6.07, 6.45) is -3.85. The van der Waals surface area contributed by atoms with Crippen LogP contribution in [-0.2, 0) is 6.42 Å². The molecular weight excluding hydrogens is 205 g/mol. The Morgan fingerprint density at radius 1 is 1.13 bits per heavy atom. The van der Waals surface area contributed by atoms with Crippen molar-refractivity contribution in [1.29, 1.82) is 0 Å². The Bertz CT molecular complexity index is 331. The molecule has 0 aliphatic carbocycles. The van der Waals surface area contributed by atoms with E-state index in [0.29, 0.717) is 6.42 Å². The standard InChI is InChI=1S/C11H11F3O/c12-10(11(13)14)9(15)7-6-8-4-2-1-3-5-8/h1-5,9,15H,6-7H2/t9-/m0/s1. The van der Waals surface area contributed by atoms with Gasteiger partial charge in [0.05, 0.1) is 0 Å². The van der Waals surface area contributed by atoms with Crippen molar-refractivity contribution in [2.75, 3.05) is 0 Å². The number of benzene rings is 1. The number of rotatable bonds is 4. The first-order valence-electron chi connectivity index (χ1n) is 4.54. The van der Waals surface area contributed by atoms with E-state index in [1.165, 1.54) is 0 Å². The zero-order valence-corrected chi connectivity index (χ0v) is 7.96. The maximum atomic E-state index is 12.5. The summed E-state index contributed by atoms with van der Waals surface area (Å²) in [6.45, 7) is 0. The lowest BCUT2D eigenvalue weighted by Crippen LogP contribution is -2.09. The molecule has 0 saturated heterocycles. The summed E-state index contributed by atoms with van der Waals surface area (Å²) in [4.78, 5) is 0. The van der Waals surface area contributed by atoms with Crippen LogP contribution in [0, 0.1) is 0 Å². The van der Waals surface area contributed by atoms with E-state index in [9.17, 15) is 13.2 Å². The Kier molecular flexibility index (Phi) is 4.37. The zero-order valence-electron chi connectivity index (χ0n) is 7.96. The molecule has 1 nitrogen and oxygen atoms in total. The van der Waals surface area contributed by atoms with Crippen LogP contribution in [0.2, 0.25) is 0 Å². The molecule has 82 valence electrons. The lowest BCUT2D eigenvalue weighted by Gasteiger charge is -2.07. The van der Waals surface area contributed by atoms with Crippen LogP contribution in [0.5, 0.6) is 0 Å². The SMILES string of the molecule is O[C@@H](CCc1ccccc1)C(F)=C(F)F. The minimum absolute atomic E-state index is 0.0484. The molecule has 0 saturated carbocycles. The van der Waals surface area contributed by atoms with Gasteiger partial charge in [-0.25, -0.2) is 4.39 Å². The van der Waals surface area contributed by atoms with E-state index in [2.05, 4.69) is 0 Å². The highest BCUT2D eigenvalue weighted by Crippen LogP contribution is 2.17. The molecule has 0 unspecified atom stereocenters. The van der Waals surface area contributed by atoms with Gasteiger partial charge in [-0.2, -0.15) is 8.78 Å². The third kappa shape index (κ3) is 3.75. The molecule has 0 amide bonds. The van der Waals surface area contributed by atoms with E-state index >= 15 is 0 Å². The van der Waals surface area contributed by atoms with Crippen molar-refractivity contribution in [2.24, 2.45) is 0 Å². The second kappa shape index (κ2) is 5.56. The van der Waals surface area contributed by atoms with Crippen molar-refractivity contribution in [3.8, 4) is 0 Å². The van der Waals surface area contributed by atoms with E-state index in [4.69, 9.17) is 5.11 Å². The van der Waals surface area contributed by atoms with Crippen molar-refractivity contribution < 1.29 is 18.3 Å². The fraction of sp³-hybridized carbons (Fsp3) is 0.273. The second-order valence-corrected chi connectivity index (χ2v) is 3.15. The molecule has 1 aromatic rings. The summed E-state index contributed by atoms with van der Waals surface area (Å²) in [5.74, 6) is -1.73. The smallest absolute Gasteiger partial charge is 0.304 e. The van der Waals surface area contributed by atoms with Crippen LogP contribution in [0.3, 0.4) is 0 Å². The Balaban J connectivity index is 2.48. The number of hydrogen-bond acceptors (Lipinski definition) is 1. The second-order valence-electron chi connectivity index (χ2n) is 3.15. The molecule has 0 bridgehead atoms. The van der Waals surface area contributed by atoms with Gasteiger partial charge in [-0.15, -0.1) is 0 Å². The molecule has 0 spiro atoms. The number of aryl methyl sites for hydroxylation is 1. The fourth-order valence-corrected chi connectivity index (χ4v) is 1.20. The quantitative estimate of drug-likeness (QED) is 0.820. The number of aliphatic hydroxyl groups excluding tert-OH is 1. The largest absolute Gasteiger partial charge is 0.386 e. The Morgan fingerprint density at radius 2 is 1.73 bits per heavy atom. The summed E-state index contributed by atoms with van der Waals surface area (Å²) in [7, 11) is 0. The van der Waals surface area contributed by atoms with Crippen molar-refractivity contribution >= 4 is 0 Å². The van der Waals surface area contributed by atoms with Gasteiger partial charge in [0.15, 0.2) is 5.83 Å². The van der Waals surface area contributed by atoms with Crippen LogP contribution in [0.25, 0.3) is 0 Å². The van der Waals surface area contributed by atoms with Gasteiger partial charge < -0.3 is 5.11 Å². The average molecular weight is 216 g/mol. The summed E-state index contributed by atoms with van der Waals surface area (Å²) in [5.41, 5.74) is 0.878. The van der Waals surface area contributed by atoms with Gasteiger partial charge in [-0.05, 0) is 18.4 Å². The zero-order chi connectivity index (χ0) is 11.3. The van der Waals surface area contributed by atoms with Gasteiger partial charge in [0.1, 0.15) is 6.10 Å². The first kappa shape index (κ1) is 11.8. The first-order chi connectivity index (χ1) is 7.11. The van der Waals surface area contributed by atoms with Crippen molar-refractivity contribution in [3.63, 3.8) is 0 Å². The van der Waals surface area contributed by atoms with Crippen LogP contribution in [0.1, 0.15) is 12.0 Å². The lowest BCUT2D eigenvalue weighted by atomic mass is 10.1. The maximum Gasteiger partial charge on any atom is 0.304 e. The molecule has 0 heterocycles. The highest BCUT2D eigenvalue weighted by molar-refractivity contribution is 5.15. The van der Waals surface area contributed by atoms with Gasteiger partial charge in [0, 0.05) is 0 Å². The Morgan fingerprint density at radius 3 is 2.27 bits per heavy atom. The van der Waals surface area contributed by atoms with Gasteiger partial charge in [0.2, 0.25) is 0 Å². The highest BCUT2D eigenvalue weighted by atomic mass is 19.3. The molecule has 1 aromatic carbocycles. The van der Waals surface area contributed by atoms with E-state index < -0.39 is 18.0 Å². The summed E-state index contributed by atoms with van der Waals surface area (Å²) in [5, 5.41) is 9.04. The van der Waals surface area contributed by atoms with Crippen molar-refractivity contribution in [1.82, 2.24) is 0 Å².